The maximum Gasteiger partial charge on any atom is 0.415 e. The van der Waals surface area contributed by atoms with Crippen molar-refractivity contribution in [2.75, 3.05) is 91.4 Å². The average Bonchev–Trinajstić information content (AvgIpc) is 1.65. The second kappa shape index (κ2) is 32.6. The summed E-state index contributed by atoms with van der Waals surface area (Å²) in [5.41, 5.74) is 4.92. The number of hydrogen-bond acceptors (Lipinski definition) is 18. The monoisotopic (exact) mass is 1370 g/mol. The Morgan fingerprint density at radius 3 is 1.30 bits per heavy atom. The lowest BCUT2D eigenvalue weighted by Crippen LogP contribution is -2.49. The molecule has 2 fully saturated rings. The van der Waals surface area contributed by atoms with Gasteiger partial charge in [0.05, 0.1) is 50.6 Å². The molecule has 0 aliphatic carbocycles. The summed E-state index contributed by atoms with van der Waals surface area (Å²) in [4.78, 5) is 74.3. The standard InChI is InChI=1S/C41H42FN4O7P.C28H32FN4O7P.2CH4/c1-3-50-54(49,51-4-2)28-44-22-24-45(25-23-44)41(48)53-38-33-16-11-21-43-36(33)39(52-37(30-12-7-5-8-13-30)31-14-9-6-10-15-31)35-34(38)27-46(40(35)47)26-29-17-19-32(42)20-18-29;1-3-38-41(37,39-4-2)18-31-12-14-32(15-13-31)28(36)40-26-21-6-5-11-30-24(21)25(34)23-22(26)17-33(27(23)35)16-19-7-9-20(29)10-8-19;;/h5-21,37H,3-4,22-28H2,1-2H3;5-11,34H,3-4,12-18H2,1-2H3;2*1H4. The zero-order valence-electron chi connectivity index (χ0n) is 53.1. The highest BCUT2D eigenvalue weighted by atomic mass is 31.2. The van der Waals surface area contributed by atoms with E-state index < -0.39 is 39.4 Å². The summed E-state index contributed by atoms with van der Waals surface area (Å²) >= 11 is 0. The van der Waals surface area contributed by atoms with Crippen LogP contribution < -0.4 is 14.2 Å². The van der Waals surface area contributed by atoms with Gasteiger partial charge in [0, 0.05) is 99.7 Å². The van der Waals surface area contributed by atoms with Crippen LogP contribution in [0.3, 0.4) is 0 Å². The fourth-order valence-corrected chi connectivity index (χ4v) is 15.7. The SMILES string of the molecule is C.C.CCOP(=O)(CN1CCN(C(=O)Oc2c3c(c(O)c4ncccc24)C(=O)N(Cc2ccc(F)cc2)C3)CC1)OCC.CCOP(=O)(CN1CCN(C(=O)Oc2c3c(c(OC(c4ccccc4)c4ccccc4)c4ncccc24)C(=O)N(Cc2ccc(F)cc2)C3)CC1)OCC. The number of pyridine rings is 2. The molecule has 0 radical (unpaired) electrons. The van der Waals surface area contributed by atoms with Gasteiger partial charge in [-0.1, -0.05) is 99.8 Å². The number of aromatic nitrogens is 2. The molecule has 4 aliphatic rings. The third-order valence-electron chi connectivity index (χ3n) is 16.6. The highest BCUT2D eigenvalue weighted by Gasteiger charge is 2.41. The van der Waals surface area contributed by atoms with Crippen molar-refractivity contribution in [3.8, 4) is 23.0 Å². The summed E-state index contributed by atoms with van der Waals surface area (Å²) in [7, 11) is -6.56. The van der Waals surface area contributed by atoms with E-state index in [4.69, 9.17) is 37.3 Å². The molecule has 2 aromatic heterocycles. The second-order valence-electron chi connectivity index (χ2n) is 22.9. The van der Waals surface area contributed by atoms with Gasteiger partial charge in [0.25, 0.3) is 11.8 Å². The Hall–Kier alpha value is -8.70. The fraction of sp³-hybridized carbons (Fsp3) is 0.352. The largest absolute Gasteiger partial charge is 0.505 e. The molecular weight excluding hydrogens is 1290 g/mol. The number of carbonyl (C=O) groups excluding carboxylic acids is 4. The summed E-state index contributed by atoms with van der Waals surface area (Å²) < 4.78 is 94.1. The minimum atomic E-state index is -3.30. The van der Waals surface area contributed by atoms with Crippen LogP contribution in [-0.2, 0) is 53.4 Å². The first-order valence-corrected chi connectivity index (χ1v) is 35.0. The molecule has 0 unspecified atom stereocenters. The number of phenols is 1. The zero-order chi connectivity index (χ0) is 66.8. The van der Waals surface area contributed by atoms with E-state index >= 15 is 0 Å². The number of halogens is 2. The molecule has 97 heavy (non-hydrogen) atoms. The van der Waals surface area contributed by atoms with Gasteiger partial charge in [0.1, 0.15) is 52.8 Å². The average molecular weight is 1370 g/mol. The highest BCUT2D eigenvalue weighted by Crippen LogP contribution is 2.51. The number of rotatable bonds is 22. The molecule has 8 aromatic rings. The number of nitrogens with zero attached hydrogens (tertiary/aromatic N) is 8. The quantitative estimate of drug-likeness (QED) is 0.0621. The Kier molecular flexibility index (Phi) is 24.4. The molecule has 514 valence electrons. The maximum atomic E-state index is 14.5. The first-order chi connectivity index (χ1) is 46.0. The van der Waals surface area contributed by atoms with E-state index in [0.717, 1.165) is 16.7 Å². The van der Waals surface area contributed by atoms with Crippen molar-refractivity contribution >= 4 is 61.0 Å². The molecule has 2 saturated heterocycles. The summed E-state index contributed by atoms with van der Waals surface area (Å²) in [6.45, 7) is 11.8. The predicted octanol–water partition coefficient (Wildman–Crippen LogP) is 13.9. The molecule has 0 spiro atoms. The van der Waals surface area contributed by atoms with Crippen molar-refractivity contribution in [2.45, 2.75) is 74.8 Å². The zero-order valence-corrected chi connectivity index (χ0v) is 54.9. The minimum absolute atomic E-state index is 0. The summed E-state index contributed by atoms with van der Waals surface area (Å²) in [6.07, 6.45) is 1.58. The summed E-state index contributed by atoms with van der Waals surface area (Å²) in [6, 6.07) is 38.2. The third kappa shape index (κ3) is 16.7. The number of phenolic OH excluding ortho intramolecular Hbond substituents is 1. The van der Waals surface area contributed by atoms with E-state index in [1.54, 1.807) is 86.2 Å². The van der Waals surface area contributed by atoms with Gasteiger partial charge in [-0.05, 0) is 98.5 Å². The molecule has 1 N–H and O–H groups in total. The van der Waals surface area contributed by atoms with E-state index in [9.17, 15) is 42.2 Å². The van der Waals surface area contributed by atoms with Gasteiger partial charge < -0.3 is 57.0 Å². The Morgan fingerprint density at radius 1 is 0.505 bits per heavy atom. The van der Waals surface area contributed by atoms with Gasteiger partial charge in [-0.2, -0.15) is 0 Å². The van der Waals surface area contributed by atoms with Gasteiger partial charge in [-0.3, -0.25) is 38.5 Å². The van der Waals surface area contributed by atoms with E-state index in [1.165, 1.54) is 40.3 Å². The lowest BCUT2D eigenvalue weighted by molar-refractivity contribution is 0.0755. The number of benzene rings is 6. The smallest absolute Gasteiger partial charge is 0.415 e. The number of aromatic hydroxyl groups is 1. The molecule has 12 rings (SSSR count). The van der Waals surface area contributed by atoms with Crippen LogP contribution in [-0.4, -0.2) is 160 Å². The van der Waals surface area contributed by atoms with E-state index in [-0.39, 0.29) is 137 Å². The van der Waals surface area contributed by atoms with Crippen molar-refractivity contribution in [3.63, 3.8) is 0 Å². The van der Waals surface area contributed by atoms with Gasteiger partial charge in [0.15, 0.2) is 11.5 Å². The topological polar surface area (TPSA) is 232 Å². The molecule has 0 atom stereocenters. The second-order valence-corrected chi connectivity index (χ2v) is 26.9. The number of hydrogen-bond donors (Lipinski definition) is 1. The number of carbonyl (C=O) groups is 4. The van der Waals surface area contributed by atoms with Crippen LogP contribution in [0.1, 0.15) is 103 Å². The first-order valence-electron chi connectivity index (χ1n) is 31.5. The molecule has 22 nitrogen and oxygen atoms in total. The van der Waals surface area contributed by atoms with Crippen LogP contribution in [0.15, 0.2) is 146 Å². The first kappa shape index (κ1) is 72.6. The molecule has 0 bridgehead atoms. The van der Waals surface area contributed by atoms with Crippen LogP contribution in [0.5, 0.6) is 23.0 Å². The number of piperazine rings is 2. The predicted molar refractivity (Wildman–Crippen MR) is 364 cm³/mol. The van der Waals surface area contributed by atoms with Crippen LogP contribution >= 0.6 is 15.2 Å². The van der Waals surface area contributed by atoms with Crippen LogP contribution in [0, 0.1) is 11.6 Å². The number of ether oxygens (including phenoxy) is 3. The maximum absolute atomic E-state index is 14.5. The summed E-state index contributed by atoms with van der Waals surface area (Å²) in [5, 5.41) is 11.9. The van der Waals surface area contributed by atoms with Crippen molar-refractivity contribution in [1.82, 2.24) is 39.4 Å². The molecule has 4 aliphatic heterocycles. The number of fused-ring (bicyclic) bond motifs is 4. The third-order valence-corrected chi connectivity index (χ3v) is 20.7. The Balaban J connectivity index is 0.000000231. The molecule has 0 saturated carbocycles. The summed E-state index contributed by atoms with van der Waals surface area (Å²) in [5.74, 6) is -1.11. The van der Waals surface area contributed by atoms with Crippen molar-refractivity contribution in [3.05, 3.63) is 202 Å². The molecule has 26 heteroatoms. The molecule has 6 heterocycles. The Labute approximate surface area is 563 Å². The van der Waals surface area contributed by atoms with Crippen LogP contribution in [0.4, 0.5) is 18.4 Å². The van der Waals surface area contributed by atoms with E-state index in [0.29, 0.717) is 85.3 Å². The highest BCUT2D eigenvalue weighted by molar-refractivity contribution is 7.54. The van der Waals surface area contributed by atoms with Crippen LogP contribution in [0.2, 0.25) is 0 Å². The molecule has 4 amide bonds. The Morgan fingerprint density at radius 2 is 0.887 bits per heavy atom. The van der Waals surface area contributed by atoms with Gasteiger partial charge >= 0.3 is 27.4 Å². The van der Waals surface area contributed by atoms with Gasteiger partial charge in [0.2, 0.25) is 0 Å². The van der Waals surface area contributed by atoms with Crippen molar-refractivity contribution < 1.29 is 74.5 Å². The minimum Gasteiger partial charge on any atom is -0.505 e. The molecule has 6 aromatic carbocycles. The fourth-order valence-electron chi connectivity index (χ4n) is 12.1. The van der Waals surface area contributed by atoms with Crippen molar-refractivity contribution in [2.24, 2.45) is 0 Å². The number of amides is 4. The Bertz CT molecular complexity index is 4110. The van der Waals surface area contributed by atoms with Crippen LogP contribution in [0.25, 0.3) is 21.8 Å². The van der Waals surface area contributed by atoms with E-state index in [1.807, 2.05) is 76.5 Å². The van der Waals surface area contributed by atoms with Gasteiger partial charge in [-0.15, -0.1) is 0 Å². The van der Waals surface area contributed by atoms with Gasteiger partial charge in [-0.25, -0.2) is 18.4 Å². The van der Waals surface area contributed by atoms with Crippen molar-refractivity contribution in [1.29, 1.82) is 0 Å². The lowest BCUT2D eigenvalue weighted by Gasteiger charge is -2.35. The normalized spacial score (nSPS) is 15.0. The molecular formula is C71H82F2N8O14P2. The lowest BCUT2D eigenvalue weighted by atomic mass is 9.99. The van der Waals surface area contributed by atoms with E-state index in [2.05, 4.69) is 4.98 Å².